The lowest BCUT2D eigenvalue weighted by Crippen LogP contribution is -2.30. The highest BCUT2D eigenvalue weighted by molar-refractivity contribution is 5.96. The first-order valence-corrected chi connectivity index (χ1v) is 5.26. The van der Waals surface area contributed by atoms with Gasteiger partial charge in [0.1, 0.15) is 11.6 Å². The highest BCUT2D eigenvalue weighted by Crippen LogP contribution is 2.20. The van der Waals surface area contributed by atoms with E-state index in [1.165, 1.54) is 25.3 Å². The van der Waals surface area contributed by atoms with Gasteiger partial charge < -0.3 is 9.64 Å². The third-order valence-corrected chi connectivity index (χ3v) is 2.44. The molecule has 1 amide bonds. The fraction of sp³-hybridized carbons (Fsp3) is 0.417. The quantitative estimate of drug-likeness (QED) is 0.785. The van der Waals surface area contributed by atoms with Gasteiger partial charge in [-0.1, -0.05) is 0 Å². The Morgan fingerprint density at radius 2 is 2.00 bits per heavy atom. The first-order valence-electron chi connectivity index (χ1n) is 5.26. The molecule has 0 heterocycles. The van der Waals surface area contributed by atoms with Crippen LogP contribution in [0.2, 0.25) is 0 Å². The van der Waals surface area contributed by atoms with Crippen LogP contribution >= 0.6 is 0 Å². The molecule has 1 aromatic carbocycles. The highest BCUT2D eigenvalue weighted by atomic mass is 18.2. The molecule has 0 aliphatic heterocycles. The monoisotopic (exact) mass is 224 g/mol. The van der Waals surface area contributed by atoms with Crippen LogP contribution in [0.25, 0.3) is 0 Å². The lowest BCUT2D eigenvalue weighted by molar-refractivity contribution is 0.0769. The van der Waals surface area contributed by atoms with Crippen molar-refractivity contribution in [2.75, 3.05) is 20.2 Å². The molecule has 0 atom stereocenters. The topological polar surface area (TPSA) is 29.5 Å². The molecule has 0 unspecified atom stereocenters. The molecule has 0 aliphatic rings. The Morgan fingerprint density at radius 1 is 1.38 bits per heavy atom. The molecule has 0 radical (unpaired) electrons. The molecule has 0 fully saturated rings. The summed E-state index contributed by atoms with van der Waals surface area (Å²) in [7, 11) is 1.46. The highest BCUT2D eigenvalue weighted by Gasteiger charge is 2.17. The summed E-state index contributed by atoms with van der Waals surface area (Å²) in [6, 6.07) is 3.95. The SMILES string of the molecule is CCN(CC)C(=O)c1cc([18F])ccc1OC. The molecule has 88 valence electrons. The summed E-state index contributed by atoms with van der Waals surface area (Å²) in [5, 5.41) is 0. The van der Waals surface area contributed by atoms with Crippen molar-refractivity contribution in [3.8, 4) is 5.75 Å². The fourth-order valence-corrected chi connectivity index (χ4v) is 1.53. The van der Waals surface area contributed by atoms with Crippen LogP contribution in [-0.2, 0) is 0 Å². The largest absolute Gasteiger partial charge is 0.496 e. The van der Waals surface area contributed by atoms with E-state index in [1.807, 2.05) is 13.8 Å². The van der Waals surface area contributed by atoms with Crippen molar-refractivity contribution in [2.24, 2.45) is 0 Å². The van der Waals surface area contributed by atoms with Crippen molar-refractivity contribution in [1.82, 2.24) is 4.90 Å². The van der Waals surface area contributed by atoms with Crippen molar-refractivity contribution in [3.05, 3.63) is 29.6 Å². The van der Waals surface area contributed by atoms with E-state index in [0.29, 0.717) is 18.8 Å². The molecule has 0 saturated carbocycles. The Morgan fingerprint density at radius 3 is 2.50 bits per heavy atom. The number of ether oxygens (including phenoxy) is 1. The number of halogens is 1. The Hall–Kier alpha value is -1.58. The average molecular weight is 224 g/mol. The van der Waals surface area contributed by atoms with Gasteiger partial charge in [-0.3, -0.25) is 4.79 Å². The molecule has 1 aromatic rings. The minimum absolute atomic E-state index is 0.207. The zero-order valence-corrected chi connectivity index (χ0v) is 9.79. The van der Waals surface area contributed by atoms with Crippen LogP contribution < -0.4 is 4.74 Å². The van der Waals surface area contributed by atoms with Crippen molar-refractivity contribution >= 4 is 5.91 Å². The number of rotatable bonds is 4. The maximum Gasteiger partial charge on any atom is 0.257 e. The number of nitrogens with zero attached hydrogens (tertiary/aromatic N) is 1. The predicted octanol–water partition coefficient (Wildman–Crippen LogP) is 2.32. The second-order valence-corrected chi connectivity index (χ2v) is 3.32. The van der Waals surface area contributed by atoms with Crippen LogP contribution in [0.5, 0.6) is 5.75 Å². The van der Waals surface area contributed by atoms with Crippen LogP contribution in [0.15, 0.2) is 18.2 Å². The molecule has 0 aliphatic carbocycles. The summed E-state index contributed by atoms with van der Waals surface area (Å²) < 4.78 is 18.1. The standard InChI is InChI=1S/C12H16FNO2/c1-4-14(5-2)12(15)10-8-9(13)6-7-11(10)16-3/h6-8H,4-5H2,1-3H3/i13-1. The van der Waals surface area contributed by atoms with Crippen molar-refractivity contribution in [2.45, 2.75) is 13.8 Å². The van der Waals surface area contributed by atoms with Gasteiger partial charge in [0.15, 0.2) is 0 Å². The molecule has 4 heteroatoms. The predicted molar refractivity (Wildman–Crippen MR) is 60.2 cm³/mol. The van der Waals surface area contributed by atoms with Crippen LogP contribution in [0.4, 0.5) is 4.39 Å². The van der Waals surface area contributed by atoms with Gasteiger partial charge in [-0.15, -0.1) is 0 Å². The number of carbonyl (C=O) groups is 1. The molecular formula is C12H16FNO2. The molecule has 1 rings (SSSR count). The van der Waals surface area contributed by atoms with E-state index in [1.54, 1.807) is 4.90 Å². The molecule has 0 saturated heterocycles. The summed E-state index contributed by atoms with van der Waals surface area (Å²) in [5.41, 5.74) is 0.270. The van der Waals surface area contributed by atoms with Gasteiger partial charge in [-0.25, -0.2) is 4.39 Å². The number of carbonyl (C=O) groups excluding carboxylic acids is 1. The lowest BCUT2D eigenvalue weighted by atomic mass is 10.1. The van der Waals surface area contributed by atoms with Gasteiger partial charge in [0.05, 0.1) is 12.7 Å². The first kappa shape index (κ1) is 12.5. The van der Waals surface area contributed by atoms with Gasteiger partial charge in [-0.2, -0.15) is 0 Å². The number of amides is 1. The van der Waals surface area contributed by atoms with Gasteiger partial charge >= 0.3 is 0 Å². The number of hydrogen-bond acceptors (Lipinski definition) is 2. The Kier molecular flexibility index (Phi) is 4.28. The van der Waals surface area contributed by atoms with E-state index < -0.39 is 5.82 Å². The van der Waals surface area contributed by atoms with E-state index in [0.717, 1.165) is 0 Å². The number of methoxy groups -OCH3 is 1. The summed E-state index contributed by atoms with van der Waals surface area (Å²) >= 11 is 0. The van der Waals surface area contributed by atoms with Crippen molar-refractivity contribution < 1.29 is 13.9 Å². The third-order valence-electron chi connectivity index (χ3n) is 2.44. The number of benzene rings is 1. The van der Waals surface area contributed by atoms with E-state index >= 15 is 0 Å². The van der Waals surface area contributed by atoms with Gasteiger partial charge in [-0.05, 0) is 32.0 Å². The molecule has 0 aromatic heterocycles. The second kappa shape index (κ2) is 5.49. The summed E-state index contributed by atoms with van der Waals surface area (Å²) in [5.74, 6) is -0.240. The Labute approximate surface area is 94.8 Å². The smallest absolute Gasteiger partial charge is 0.257 e. The second-order valence-electron chi connectivity index (χ2n) is 3.32. The summed E-state index contributed by atoms with van der Waals surface area (Å²) in [6.07, 6.45) is 0. The zero-order chi connectivity index (χ0) is 12.1. The summed E-state index contributed by atoms with van der Waals surface area (Å²) in [4.78, 5) is 13.6. The van der Waals surface area contributed by atoms with Gasteiger partial charge in [0.2, 0.25) is 0 Å². The van der Waals surface area contributed by atoms with Crippen LogP contribution in [0.1, 0.15) is 24.2 Å². The van der Waals surface area contributed by atoms with Crippen LogP contribution in [0.3, 0.4) is 0 Å². The Bertz CT molecular complexity index is 375. The molecular weight excluding hydrogens is 208 g/mol. The van der Waals surface area contributed by atoms with Crippen molar-refractivity contribution in [3.63, 3.8) is 0 Å². The van der Waals surface area contributed by atoms with Crippen LogP contribution in [0, 0.1) is 5.82 Å². The van der Waals surface area contributed by atoms with E-state index in [2.05, 4.69) is 0 Å². The van der Waals surface area contributed by atoms with E-state index in [-0.39, 0.29) is 11.5 Å². The van der Waals surface area contributed by atoms with Gasteiger partial charge in [0.25, 0.3) is 5.91 Å². The minimum atomic E-state index is -0.434. The molecule has 16 heavy (non-hydrogen) atoms. The first-order chi connectivity index (χ1) is 7.63. The minimum Gasteiger partial charge on any atom is -0.496 e. The van der Waals surface area contributed by atoms with E-state index in [4.69, 9.17) is 4.74 Å². The lowest BCUT2D eigenvalue weighted by Gasteiger charge is -2.19. The molecule has 0 spiro atoms. The molecule has 0 N–H and O–H groups in total. The van der Waals surface area contributed by atoms with E-state index in [9.17, 15) is 9.18 Å². The van der Waals surface area contributed by atoms with Crippen molar-refractivity contribution in [1.29, 1.82) is 0 Å². The Balaban J connectivity index is 3.10. The third kappa shape index (κ3) is 2.51. The fourth-order valence-electron chi connectivity index (χ4n) is 1.53. The number of hydrogen-bond donors (Lipinski definition) is 0. The molecule has 3 nitrogen and oxygen atoms in total. The van der Waals surface area contributed by atoms with Crippen LogP contribution in [-0.4, -0.2) is 31.0 Å². The zero-order valence-electron chi connectivity index (χ0n) is 9.79. The summed E-state index contributed by atoms with van der Waals surface area (Å²) in [6.45, 7) is 4.95. The average Bonchev–Trinajstić information content (AvgIpc) is 2.30. The normalized spacial score (nSPS) is 10.0. The maximum absolute atomic E-state index is 13.1. The maximum atomic E-state index is 13.1. The molecule has 0 bridgehead atoms. The van der Waals surface area contributed by atoms with Gasteiger partial charge in [0, 0.05) is 13.1 Å².